The lowest BCUT2D eigenvalue weighted by Crippen LogP contribution is -2.55. The number of nitrogens with one attached hydrogen (secondary N) is 2. The average Bonchev–Trinajstić information content (AvgIpc) is 3.59. The normalized spacial score (nSPS) is 20.0. The molecule has 0 unspecified atom stereocenters. The lowest BCUT2D eigenvalue weighted by molar-refractivity contribution is -0.102. The third-order valence-corrected chi connectivity index (χ3v) is 7.14. The van der Waals surface area contributed by atoms with Gasteiger partial charge in [-0.05, 0) is 31.4 Å². The van der Waals surface area contributed by atoms with Crippen LogP contribution in [0, 0.1) is 0 Å². The molecular formula is C24H25F2N7O. The molecule has 0 saturated heterocycles. The minimum atomic E-state index is -2.87. The molecule has 0 spiro atoms. The maximum Gasteiger partial charge on any atom is 0.267 e. The maximum absolute atomic E-state index is 13.7. The van der Waals surface area contributed by atoms with Gasteiger partial charge in [-0.3, -0.25) is 4.79 Å². The number of fused-ring (bicyclic) bond motifs is 2. The number of anilines is 1. The minimum Gasteiger partial charge on any atom is -0.373 e. The van der Waals surface area contributed by atoms with Crippen molar-refractivity contribution in [3.63, 3.8) is 0 Å². The third kappa shape index (κ3) is 3.23. The van der Waals surface area contributed by atoms with Gasteiger partial charge in [0.05, 0.1) is 17.9 Å². The van der Waals surface area contributed by atoms with Gasteiger partial charge in [-0.25, -0.2) is 18.7 Å². The summed E-state index contributed by atoms with van der Waals surface area (Å²) in [6.45, 7) is 0. The molecule has 6 rings (SSSR count). The first-order valence-corrected chi connectivity index (χ1v) is 11.7. The Kier molecular flexibility index (Phi) is 4.79. The number of carbonyl (C=O) groups excluding carboxylic acids is 1. The summed E-state index contributed by atoms with van der Waals surface area (Å²) >= 11 is 0. The Bertz CT molecular complexity index is 1400. The number of carbonyl (C=O) groups is 1. The van der Waals surface area contributed by atoms with E-state index in [1.165, 1.54) is 23.6 Å². The van der Waals surface area contributed by atoms with Gasteiger partial charge in [0.1, 0.15) is 17.0 Å². The molecule has 8 nitrogen and oxygen atoms in total. The van der Waals surface area contributed by atoms with Crippen LogP contribution in [0.25, 0.3) is 27.9 Å². The van der Waals surface area contributed by atoms with Gasteiger partial charge < -0.3 is 15.2 Å². The Morgan fingerprint density at radius 1 is 1.21 bits per heavy atom. The van der Waals surface area contributed by atoms with E-state index in [0.717, 1.165) is 29.4 Å². The van der Waals surface area contributed by atoms with Crippen LogP contribution in [0.2, 0.25) is 0 Å². The maximum atomic E-state index is 13.7. The van der Waals surface area contributed by atoms with Crippen LogP contribution in [0.4, 0.5) is 14.6 Å². The van der Waals surface area contributed by atoms with Crippen LogP contribution in [-0.2, 0) is 0 Å². The van der Waals surface area contributed by atoms with Crippen LogP contribution in [0.5, 0.6) is 0 Å². The summed E-state index contributed by atoms with van der Waals surface area (Å²) in [5, 5.41) is 10.8. The van der Waals surface area contributed by atoms with Gasteiger partial charge in [0, 0.05) is 48.9 Å². The van der Waals surface area contributed by atoms with Crippen molar-refractivity contribution in [2.75, 3.05) is 12.4 Å². The van der Waals surface area contributed by atoms with Gasteiger partial charge >= 0.3 is 0 Å². The van der Waals surface area contributed by atoms with Crippen LogP contribution < -0.4 is 10.6 Å². The molecule has 2 fully saturated rings. The molecule has 2 N–H and O–H groups in total. The molecule has 4 aromatic heterocycles. The first-order chi connectivity index (χ1) is 16.5. The molecule has 2 aliphatic carbocycles. The van der Waals surface area contributed by atoms with Crippen molar-refractivity contribution >= 4 is 28.4 Å². The zero-order valence-corrected chi connectivity index (χ0v) is 18.8. The van der Waals surface area contributed by atoms with Gasteiger partial charge in [-0.15, -0.1) is 0 Å². The van der Waals surface area contributed by atoms with Crippen molar-refractivity contribution < 1.29 is 13.6 Å². The number of alkyl halides is 2. The minimum absolute atomic E-state index is 0.165. The van der Waals surface area contributed by atoms with Crippen molar-refractivity contribution in [1.29, 1.82) is 0 Å². The predicted octanol–water partition coefficient (Wildman–Crippen LogP) is 4.43. The Hall–Kier alpha value is -3.56. The Morgan fingerprint density at radius 3 is 2.74 bits per heavy atom. The fraction of sp³-hybridized carbons (Fsp3) is 0.417. The quantitative estimate of drug-likeness (QED) is 0.455. The van der Waals surface area contributed by atoms with E-state index in [4.69, 9.17) is 4.98 Å². The molecule has 2 saturated carbocycles. The highest BCUT2D eigenvalue weighted by Gasteiger charge is 2.49. The van der Waals surface area contributed by atoms with E-state index in [2.05, 4.69) is 31.5 Å². The molecular weight excluding hydrogens is 440 g/mol. The molecule has 0 aromatic carbocycles. The molecule has 2 aliphatic rings. The van der Waals surface area contributed by atoms with Crippen LogP contribution in [0.1, 0.15) is 54.9 Å². The first-order valence-electron chi connectivity index (χ1n) is 11.7. The van der Waals surface area contributed by atoms with E-state index < -0.39 is 17.9 Å². The highest BCUT2D eigenvalue weighted by atomic mass is 19.3. The number of amides is 1. The fourth-order valence-corrected chi connectivity index (χ4v) is 5.11. The van der Waals surface area contributed by atoms with Crippen molar-refractivity contribution in [1.82, 2.24) is 29.5 Å². The van der Waals surface area contributed by atoms with Gasteiger partial charge in [0.15, 0.2) is 5.65 Å². The Morgan fingerprint density at radius 2 is 2.03 bits per heavy atom. The molecule has 4 heterocycles. The molecule has 176 valence electrons. The number of pyridine rings is 1. The van der Waals surface area contributed by atoms with Crippen molar-refractivity contribution in [2.24, 2.45) is 0 Å². The topological polar surface area (TPSA) is 89.1 Å². The molecule has 10 heteroatoms. The van der Waals surface area contributed by atoms with Crippen LogP contribution in [0.15, 0.2) is 36.8 Å². The summed E-state index contributed by atoms with van der Waals surface area (Å²) in [5.41, 5.74) is 2.96. The average molecular weight is 466 g/mol. The second kappa shape index (κ2) is 7.75. The van der Waals surface area contributed by atoms with E-state index in [0.29, 0.717) is 23.2 Å². The molecule has 1 amide bonds. The lowest BCUT2D eigenvalue weighted by atomic mass is 9.88. The largest absolute Gasteiger partial charge is 0.373 e. The molecule has 4 aromatic rings. The number of nitrogens with zero attached hydrogens (tertiary/aromatic N) is 5. The Labute approximate surface area is 194 Å². The fourth-order valence-electron chi connectivity index (χ4n) is 5.11. The van der Waals surface area contributed by atoms with Gasteiger partial charge in [0.2, 0.25) is 0 Å². The van der Waals surface area contributed by atoms with E-state index in [9.17, 15) is 13.6 Å². The van der Waals surface area contributed by atoms with E-state index >= 15 is 0 Å². The van der Waals surface area contributed by atoms with Crippen LogP contribution in [0.3, 0.4) is 0 Å². The third-order valence-electron chi connectivity index (χ3n) is 7.14. The zero-order valence-electron chi connectivity index (χ0n) is 18.8. The van der Waals surface area contributed by atoms with E-state index in [1.54, 1.807) is 13.2 Å². The first kappa shape index (κ1) is 21.0. The SMILES string of the molecule is CNc1cc(-c2cn(C3CCCC3)c3ncccc23)nc2c(C(=O)N[C@H]3CCC3(F)F)cnn12. The number of hydrogen-bond acceptors (Lipinski definition) is 5. The van der Waals surface area contributed by atoms with Gasteiger partial charge in [-0.1, -0.05) is 12.8 Å². The van der Waals surface area contributed by atoms with Crippen molar-refractivity contribution in [3.05, 3.63) is 42.4 Å². The zero-order chi connectivity index (χ0) is 23.4. The van der Waals surface area contributed by atoms with Gasteiger partial charge in [-0.2, -0.15) is 9.61 Å². The highest BCUT2D eigenvalue weighted by molar-refractivity contribution is 6.01. The van der Waals surface area contributed by atoms with E-state index in [-0.39, 0.29) is 18.4 Å². The summed E-state index contributed by atoms with van der Waals surface area (Å²) in [6, 6.07) is 5.05. The second-order valence-electron chi connectivity index (χ2n) is 9.16. The molecule has 1 atom stereocenters. The molecule has 0 aliphatic heterocycles. The number of hydrogen-bond donors (Lipinski definition) is 2. The lowest BCUT2D eigenvalue weighted by Gasteiger charge is -2.36. The second-order valence-corrected chi connectivity index (χ2v) is 9.16. The van der Waals surface area contributed by atoms with Gasteiger partial charge in [0.25, 0.3) is 11.8 Å². The summed E-state index contributed by atoms with van der Waals surface area (Å²) in [5.74, 6) is -2.83. The number of halogens is 2. The number of aromatic nitrogens is 5. The van der Waals surface area contributed by atoms with Crippen LogP contribution >= 0.6 is 0 Å². The van der Waals surface area contributed by atoms with E-state index in [1.807, 2.05) is 18.2 Å². The monoisotopic (exact) mass is 465 g/mol. The summed E-state index contributed by atoms with van der Waals surface area (Å²) in [4.78, 5) is 22.3. The molecule has 34 heavy (non-hydrogen) atoms. The predicted molar refractivity (Wildman–Crippen MR) is 124 cm³/mol. The highest BCUT2D eigenvalue weighted by Crippen LogP contribution is 2.39. The summed E-state index contributed by atoms with van der Waals surface area (Å²) < 4.78 is 31.2. The van der Waals surface area contributed by atoms with Crippen LogP contribution in [-0.4, -0.2) is 49.1 Å². The molecule has 0 bridgehead atoms. The van der Waals surface area contributed by atoms with Crippen molar-refractivity contribution in [2.45, 2.75) is 56.5 Å². The summed E-state index contributed by atoms with van der Waals surface area (Å²) in [7, 11) is 1.76. The Balaban J connectivity index is 1.46. The summed E-state index contributed by atoms with van der Waals surface area (Å²) in [6.07, 6.45) is 9.95. The smallest absolute Gasteiger partial charge is 0.267 e. The molecule has 0 radical (unpaired) electrons. The number of rotatable bonds is 5. The standard InChI is InChI=1S/C24H25F2N7O/c1-27-20-11-18(17-13-32(14-5-2-3-6-14)21-15(17)7-4-10-28-21)30-22-16(12-29-33(20)22)23(34)31-19-8-9-24(19,25)26/h4,7,10-14,19,27H,2-3,5-6,8-9H2,1H3,(H,31,34)/t19-/m0/s1. The van der Waals surface area contributed by atoms with Crippen molar-refractivity contribution in [3.8, 4) is 11.3 Å².